The highest BCUT2D eigenvalue weighted by Crippen LogP contribution is 2.44. The molecule has 0 radical (unpaired) electrons. The van der Waals surface area contributed by atoms with Gasteiger partial charge in [0.05, 0.1) is 0 Å². The molecule has 22 heavy (non-hydrogen) atoms. The van der Waals surface area contributed by atoms with Crippen molar-refractivity contribution in [3.8, 4) is 0 Å². The highest BCUT2D eigenvalue weighted by molar-refractivity contribution is 6.30. The molecule has 0 saturated heterocycles. The maximum Gasteiger partial charge on any atom is 0.0406 e. The SMILES string of the molecule is CC=CC1CCC(C2CCC(c3ccc(Cl)cc3)CC2)CC1. The van der Waals surface area contributed by atoms with Crippen LogP contribution in [0.2, 0.25) is 5.02 Å². The first-order chi connectivity index (χ1) is 10.8. The summed E-state index contributed by atoms with van der Waals surface area (Å²) < 4.78 is 0. The molecule has 2 saturated carbocycles. The second kappa shape index (κ2) is 7.68. The summed E-state index contributed by atoms with van der Waals surface area (Å²) in [6.45, 7) is 2.16. The maximum absolute atomic E-state index is 6.00. The Balaban J connectivity index is 1.49. The van der Waals surface area contributed by atoms with Gasteiger partial charge in [-0.1, -0.05) is 35.9 Å². The zero-order valence-corrected chi connectivity index (χ0v) is 14.6. The molecule has 0 aromatic heterocycles. The van der Waals surface area contributed by atoms with Crippen molar-refractivity contribution >= 4 is 11.6 Å². The van der Waals surface area contributed by atoms with Gasteiger partial charge >= 0.3 is 0 Å². The van der Waals surface area contributed by atoms with Crippen LogP contribution in [-0.2, 0) is 0 Å². The lowest BCUT2D eigenvalue weighted by molar-refractivity contribution is 0.171. The van der Waals surface area contributed by atoms with Crippen LogP contribution in [0, 0.1) is 17.8 Å². The van der Waals surface area contributed by atoms with Gasteiger partial charge in [0.2, 0.25) is 0 Å². The standard InChI is InChI=1S/C21H29Cl/c1-2-3-16-4-6-17(7-5-16)18-8-10-19(11-9-18)20-12-14-21(22)15-13-20/h2-3,12-19H,4-11H2,1H3. The molecule has 0 atom stereocenters. The zero-order valence-electron chi connectivity index (χ0n) is 13.8. The third-order valence-electron chi connectivity index (χ3n) is 6.06. The van der Waals surface area contributed by atoms with Gasteiger partial charge in [0.15, 0.2) is 0 Å². The summed E-state index contributed by atoms with van der Waals surface area (Å²) in [7, 11) is 0. The van der Waals surface area contributed by atoms with Crippen LogP contribution < -0.4 is 0 Å². The maximum atomic E-state index is 6.00. The van der Waals surface area contributed by atoms with E-state index in [2.05, 4.69) is 31.2 Å². The third kappa shape index (κ3) is 3.96. The van der Waals surface area contributed by atoms with Gasteiger partial charge < -0.3 is 0 Å². The molecule has 2 aliphatic carbocycles. The van der Waals surface area contributed by atoms with Gasteiger partial charge in [0.1, 0.15) is 0 Å². The summed E-state index contributed by atoms with van der Waals surface area (Å²) in [4.78, 5) is 0. The van der Waals surface area contributed by atoms with Crippen LogP contribution in [0.25, 0.3) is 0 Å². The first kappa shape index (κ1) is 16.1. The number of halogens is 1. The van der Waals surface area contributed by atoms with Crippen LogP contribution in [0.1, 0.15) is 69.8 Å². The lowest BCUT2D eigenvalue weighted by atomic mass is 9.68. The minimum absolute atomic E-state index is 0.771. The Bertz CT molecular complexity index is 471. The Labute approximate surface area is 141 Å². The van der Waals surface area contributed by atoms with E-state index in [1.54, 1.807) is 0 Å². The molecule has 0 nitrogen and oxygen atoms in total. The average molecular weight is 317 g/mol. The molecular formula is C21H29Cl. The quantitative estimate of drug-likeness (QED) is 0.527. The number of hydrogen-bond acceptors (Lipinski definition) is 0. The van der Waals surface area contributed by atoms with Gasteiger partial charge in [-0.05, 0) is 99.7 Å². The van der Waals surface area contributed by atoms with Gasteiger partial charge in [-0.25, -0.2) is 0 Å². The van der Waals surface area contributed by atoms with Crippen LogP contribution in [0.4, 0.5) is 0 Å². The van der Waals surface area contributed by atoms with Crippen LogP contribution in [0.15, 0.2) is 36.4 Å². The first-order valence-corrected chi connectivity index (χ1v) is 9.52. The van der Waals surface area contributed by atoms with E-state index in [1.165, 1.54) is 56.9 Å². The van der Waals surface area contributed by atoms with Gasteiger partial charge in [0, 0.05) is 5.02 Å². The molecule has 0 amide bonds. The molecule has 0 N–H and O–H groups in total. The molecule has 120 valence electrons. The molecule has 0 aliphatic heterocycles. The molecule has 3 rings (SSSR count). The third-order valence-corrected chi connectivity index (χ3v) is 6.31. The summed E-state index contributed by atoms with van der Waals surface area (Å²) in [6, 6.07) is 8.56. The first-order valence-electron chi connectivity index (χ1n) is 9.14. The summed E-state index contributed by atoms with van der Waals surface area (Å²) in [5.41, 5.74) is 1.50. The summed E-state index contributed by atoms with van der Waals surface area (Å²) >= 11 is 6.00. The van der Waals surface area contributed by atoms with Crippen LogP contribution in [0.5, 0.6) is 0 Å². The Kier molecular flexibility index (Phi) is 5.63. The second-order valence-corrected chi connectivity index (χ2v) is 7.80. The van der Waals surface area contributed by atoms with E-state index in [0.29, 0.717) is 0 Å². The molecule has 0 heterocycles. The lowest BCUT2D eigenvalue weighted by Crippen LogP contribution is -2.25. The second-order valence-electron chi connectivity index (χ2n) is 7.36. The van der Waals surface area contributed by atoms with Gasteiger partial charge in [0.25, 0.3) is 0 Å². The van der Waals surface area contributed by atoms with Crippen LogP contribution >= 0.6 is 11.6 Å². The van der Waals surface area contributed by atoms with Crippen molar-refractivity contribution in [3.63, 3.8) is 0 Å². The molecule has 2 fully saturated rings. The Morgan fingerprint density at radius 2 is 1.36 bits per heavy atom. The Hall–Kier alpha value is -0.750. The van der Waals surface area contributed by atoms with E-state index in [0.717, 1.165) is 28.7 Å². The van der Waals surface area contributed by atoms with Gasteiger partial charge in [-0.3, -0.25) is 0 Å². The summed E-state index contributed by atoms with van der Waals surface area (Å²) in [5.74, 6) is 3.64. The smallest absolute Gasteiger partial charge is 0.0406 e. The van der Waals surface area contributed by atoms with E-state index >= 15 is 0 Å². The normalized spacial score (nSPS) is 33.2. The molecule has 1 aromatic carbocycles. The number of hydrogen-bond donors (Lipinski definition) is 0. The molecule has 1 aromatic rings. The average Bonchev–Trinajstić information content (AvgIpc) is 2.57. The predicted octanol–water partition coefficient (Wildman–Crippen LogP) is 7.00. The highest BCUT2D eigenvalue weighted by atomic mass is 35.5. The number of rotatable bonds is 3. The van der Waals surface area contributed by atoms with Crippen molar-refractivity contribution < 1.29 is 0 Å². The molecule has 0 unspecified atom stereocenters. The van der Waals surface area contributed by atoms with Gasteiger partial charge in [-0.15, -0.1) is 0 Å². The van der Waals surface area contributed by atoms with Crippen molar-refractivity contribution in [2.45, 2.75) is 64.2 Å². The minimum Gasteiger partial charge on any atom is -0.0914 e. The highest BCUT2D eigenvalue weighted by Gasteiger charge is 2.30. The molecule has 1 heteroatoms. The van der Waals surface area contributed by atoms with E-state index < -0.39 is 0 Å². The van der Waals surface area contributed by atoms with Crippen molar-refractivity contribution in [2.75, 3.05) is 0 Å². The predicted molar refractivity (Wildman–Crippen MR) is 96.4 cm³/mol. The fourth-order valence-electron chi connectivity index (χ4n) is 4.74. The Morgan fingerprint density at radius 3 is 1.91 bits per heavy atom. The molecule has 2 aliphatic rings. The van der Waals surface area contributed by atoms with Crippen molar-refractivity contribution in [1.29, 1.82) is 0 Å². The Morgan fingerprint density at radius 1 is 0.818 bits per heavy atom. The van der Waals surface area contributed by atoms with Crippen molar-refractivity contribution in [1.82, 2.24) is 0 Å². The monoisotopic (exact) mass is 316 g/mol. The van der Waals surface area contributed by atoms with Crippen molar-refractivity contribution in [3.05, 3.63) is 47.0 Å². The van der Waals surface area contributed by atoms with E-state index in [-0.39, 0.29) is 0 Å². The fourth-order valence-corrected chi connectivity index (χ4v) is 4.87. The van der Waals surface area contributed by atoms with Gasteiger partial charge in [-0.2, -0.15) is 0 Å². The van der Waals surface area contributed by atoms with E-state index in [9.17, 15) is 0 Å². The number of allylic oxidation sites excluding steroid dienone is 2. The van der Waals surface area contributed by atoms with E-state index in [1.807, 2.05) is 12.1 Å². The topological polar surface area (TPSA) is 0 Å². The molecule has 0 bridgehead atoms. The zero-order chi connectivity index (χ0) is 15.4. The van der Waals surface area contributed by atoms with Crippen LogP contribution in [0.3, 0.4) is 0 Å². The lowest BCUT2D eigenvalue weighted by Gasteiger charge is -2.37. The summed E-state index contributed by atoms with van der Waals surface area (Å²) in [5, 5.41) is 0.857. The van der Waals surface area contributed by atoms with Crippen molar-refractivity contribution in [2.24, 2.45) is 17.8 Å². The molecular weight excluding hydrogens is 288 g/mol. The fraction of sp³-hybridized carbons (Fsp3) is 0.619. The molecule has 0 spiro atoms. The van der Waals surface area contributed by atoms with Crippen LogP contribution in [-0.4, -0.2) is 0 Å². The number of benzene rings is 1. The minimum atomic E-state index is 0.771. The summed E-state index contributed by atoms with van der Waals surface area (Å²) in [6.07, 6.45) is 16.1. The largest absolute Gasteiger partial charge is 0.0914 e. The van der Waals surface area contributed by atoms with E-state index in [4.69, 9.17) is 11.6 Å².